The summed E-state index contributed by atoms with van der Waals surface area (Å²) in [6, 6.07) is 16.1. The Morgan fingerprint density at radius 2 is 1.82 bits per heavy atom. The van der Waals surface area contributed by atoms with Gasteiger partial charge in [-0.05, 0) is 29.8 Å². The molecule has 1 amide bonds. The lowest BCUT2D eigenvalue weighted by molar-refractivity contribution is -0.118. The molecule has 2 aromatic carbocycles. The van der Waals surface area contributed by atoms with Gasteiger partial charge in [0.25, 0.3) is 5.91 Å². The second-order valence-corrected chi connectivity index (χ2v) is 5.26. The van der Waals surface area contributed by atoms with Crippen molar-refractivity contribution < 1.29 is 4.79 Å². The molecule has 0 saturated carbocycles. The van der Waals surface area contributed by atoms with Crippen LogP contribution in [0.3, 0.4) is 0 Å². The third kappa shape index (κ3) is 3.18. The van der Waals surface area contributed by atoms with Gasteiger partial charge in [0.2, 0.25) is 0 Å². The second kappa shape index (κ2) is 6.45. The normalized spacial score (nSPS) is 11.9. The average molecular weight is 312 g/mol. The first-order valence-electron chi connectivity index (χ1n) is 6.83. The van der Waals surface area contributed by atoms with Crippen molar-refractivity contribution in [1.29, 1.82) is 0 Å². The van der Waals surface area contributed by atoms with E-state index < -0.39 is 6.04 Å². The number of nitrogens with zero attached hydrogens (tertiary/aromatic N) is 2. The van der Waals surface area contributed by atoms with Crippen LogP contribution in [0.5, 0.6) is 0 Å². The van der Waals surface area contributed by atoms with Gasteiger partial charge in [-0.3, -0.25) is 4.79 Å². The summed E-state index contributed by atoms with van der Waals surface area (Å²) in [6.45, 7) is 0. The van der Waals surface area contributed by atoms with E-state index in [0.717, 1.165) is 5.56 Å². The fourth-order valence-electron chi connectivity index (χ4n) is 2.26. The zero-order valence-electron chi connectivity index (χ0n) is 11.7. The number of benzene rings is 2. The monoisotopic (exact) mass is 311 g/mol. The summed E-state index contributed by atoms with van der Waals surface area (Å²) in [7, 11) is 0. The molecule has 0 saturated heterocycles. The summed E-state index contributed by atoms with van der Waals surface area (Å²) in [6.07, 6.45) is 5.07. The molecule has 22 heavy (non-hydrogen) atoms. The van der Waals surface area contributed by atoms with E-state index >= 15 is 0 Å². The van der Waals surface area contributed by atoms with Gasteiger partial charge in [0.1, 0.15) is 6.04 Å². The Hall–Kier alpha value is -2.59. The number of halogens is 1. The van der Waals surface area contributed by atoms with Crippen LogP contribution in [0.4, 0.5) is 5.69 Å². The number of carbonyl (C=O) groups is 1. The maximum atomic E-state index is 12.7. The lowest BCUT2D eigenvalue weighted by Gasteiger charge is -2.18. The molecule has 5 heteroatoms. The zero-order chi connectivity index (χ0) is 15.4. The minimum atomic E-state index is -0.473. The van der Waals surface area contributed by atoms with Crippen LogP contribution in [0, 0.1) is 0 Å². The lowest BCUT2D eigenvalue weighted by atomic mass is 10.1. The van der Waals surface area contributed by atoms with E-state index in [9.17, 15) is 4.79 Å². The van der Waals surface area contributed by atoms with E-state index in [1.807, 2.05) is 30.3 Å². The maximum Gasteiger partial charge on any atom is 0.252 e. The lowest BCUT2D eigenvalue weighted by Crippen LogP contribution is -2.26. The van der Waals surface area contributed by atoms with Gasteiger partial charge in [0.15, 0.2) is 0 Å². The molecule has 0 bridgehead atoms. The molecule has 0 unspecified atom stereocenters. The van der Waals surface area contributed by atoms with E-state index in [2.05, 4.69) is 10.3 Å². The Morgan fingerprint density at radius 1 is 1.09 bits per heavy atom. The number of carbonyl (C=O) groups excluding carboxylic acids is 1. The molecule has 1 heterocycles. The van der Waals surface area contributed by atoms with Gasteiger partial charge < -0.3 is 9.88 Å². The van der Waals surface area contributed by atoms with Crippen LogP contribution in [0.25, 0.3) is 0 Å². The van der Waals surface area contributed by atoms with Crippen LogP contribution in [0.15, 0.2) is 73.3 Å². The standard InChI is InChI=1S/C17H14ClN3O/c18-14-6-8-15(9-7-14)20-17(22)16(21-11-10-19-12-21)13-4-2-1-3-5-13/h1-12,16H,(H,20,22)/t16-/m1/s1. The van der Waals surface area contributed by atoms with E-state index in [0.29, 0.717) is 10.7 Å². The van der Waals surface area contributed by atoms with Crippen molar-refractivity contribution in [3.05, 3.63) is 83.9 Å². The number of rotatable bonds is 4. The maximum absolute atomic E-state index is 12.7. The Morgan fingerprint density at radius 3 is 2.45 bits per heavy atom. The molecule has 0 spiro atoms. The molecule has 0 aliphatic rings. The van der Waals surface area contributed by atoms with Gasteiger partial charge in [-0.15, -0.1) is 0 Å². The number of nitrogens with one attached hydrogen (secondary N) is 1. The highest BCUT2D eigenvalue weighted by atomic mass is 35.5. The molecule has 0 fully saturated rings. The minimum Gasteiger partial charge on any atom is -0.324 e. The number of hydrogen-bond donors (Lipinski definition) is 1. The number of anilines is 1. The van der Waals surface area contributed by atoms with Gasteiger partial charge in [0.05, 0.1) is 6.33 Å². The van der Waals surface area contributed by atoms with Gasteiger partial charge in [-0.2, -0.15) is 0 Å². The first kappa shape index (κ1) is 14.4. The number of aromatic nitrogens is 2. The summed E-state index contributed by atoms with van der Waals surface area (Å²) in [5, 5.41) is 3.54. The van der Waals surface area contributed by atoms with Crippen LogP contribution in [-0.2, 0) is 4.79 Å². The highest BCUT2D eigenvalue weighted by Gasteiger charge is 2.22. The predicted molar refractivity (Wildman–Crippen MR) is 86.9 cm³/mol. The van der Waals surface area contributed by atoms with Crippen LogP contribution < -0.4 is 5.32 Å². The fraction of sp³-hybridized carbons (Fsp3) is 0.0588. The topological polar surface area (TPSA) is 46.9 Å². The molecule has 0 radical (unpaired) electrons. The zero-order valence-corrected chi connectivity index (χ0v) is 12.4. The third-order valence-corrected chi connectivity index (χ3v) is 3.55. The van der Waals surface area contributed by atoms with Crippen molar-refractivity contribution in [3.63, 3.8) is 0 Å². The molecule has 1 N–H and O–H groups in total. The van der Waals surface area contributed by atoms with E-state index in [-0.39, 0.29) is 5.91 Å². The first-order valence-corrected chi connectivity index (χ1v) is 7.20. The van der Waals surface area contributed by atoms with Crippen molar-refractivity contribution in [2.45, 2.75) is 6.04 Å². The van der Waals surface area contributed by atoms with Crippen LogP contribution >= 0.6 is 11.6 Å². The fourth-order valence-corrected chi connectivity index (χ4v) is 2.39. The third-order valence-electron chi connectivity index (χ3n) is 3.30. The van der Waals surface area contributed by atoms with Crippen LogP contribution in [-0.4, -0.2) is 15.5 Å². The highest BCUT2D eigenvalue weighted by molar-refractivity contribution is 6.30. The molecule has 0 aliphatic carbocycles. The SMILES string of the molecule is O=C(Nc1ccc(Cl)cc1)[C@@H](c1ccccc1)n1ccnc1. The first-order chi connectivity index (χ1) is 10.7. The van der Waals surface area contributed by atoms with Crippen molar-refractivity contribution >= 4 is 23.2 Å². The van der Waals surface area contributed by atoms with Crippen molar-refractivity contribution in [3.8, 4) is 0 Å². The van der Waals surface area contributed by atoms with Gasteiger partial charge >= 0.3 is 0 Å². The van der Waals surface area contributed by atoms with E-state index in [1.54, 1.807) is 47.6 Å². The Labute approximate surface area is 133 Å². The van der Waals surface area contributed by atoms with Crippen molar-refractivity contribution in [2.24, 2.45) is 0 Å². The smallest absolute Gasteiger partial charge is 0.252 e. The summed E-state index contributed by atoms with van der Waals surface area (Å²) in [5.41, 5.74) is 1.60. The molecule has 0 aliphatic heterocycles. The van der Waals surface area contributed by atoms with E-state index in [4.69, 9.17) is 11.6 Å². The number of imidazole rings is 1. The van der Waals surface area contributed by atoms with Gasteiger partial charge in [-0.25, -0.2) is 4.98 Å². The minimum absolute atomic E-state index is 0.133. The Bertz CT molecular complexity index is 739. The molecule has 3 rings (SSSR count). The molecular formula is C17H14ClN3O. The summed E-state index contributed by atoms with van der Waals surface area (Å²) < 4.78 is 1.78. The quantitative estimate of drug-likeness (QED) is 0.797. The summed E-state index contributed by atoms with van der Waals surface area (Å²) in [5.74, 6) is -0.133. The molecule has 1 atom stereocenters. The summed E-state index contributed by atoms with van der Waals surface area (Å²) >= 11 is 5.86. The summed E-state index contributed by atoms with van der Waals surface area (Å²) in [4.78, 5) is 16.7. The molecule has 3 aromatic rings. The Kier molecular flexibility index (Phi) is 4.21. The van der Waals surface area contributed by atoms with E-state index in [1.165, 1.54) is 0 Å². The van der Waals surface area contributed by atoms with Crippen LogP contribution in [0.1, 0.15) is 11.6 Å². The molecule has 4 nitrogen and oxygen atoms in total. The van der Waals surface area contributed by atoms with Gasteiger partial charge in [-0.1, -0.05) is 41.9 Å². The predicted octanol–water partition coefficient (Wildman–Crippen LogP) is 3.76. The van der Waals surface area contributed by atoms with Crippen molar-refractivity contribution in [2.75, 3.05) is 5.32 Å². The van der Waals surface area contributed by atoms with Gasteiger partial charge in [0, 0.05) is 23.1 Å². The van der Waals surface area contributed by atoms with Crippen molar-refractivity contribution in [1.82, 2.24) is 9.55 Å². The Balaban J connectivity index is 1.89. The average Bonchev–Trinajstić information content (AvgIpc) is 3.05. The number of hydrogen-bond acceptors (Lipinski definition) is 2. The molecule has 110 valence electrons. The van der Waals surface area contributed by atoms with Crippen LogP contribution in [0.2, 0.25) is 5.02 Å². The largest absolute Gasteiger partial charge is 0.324 e. The highest BCUT2D eigenvalue weighted by Crippen LogP contribution is 2.21. The molecular weight excluding hydrogens is 298 g/mol. The second-order valence-electron chi connectivity index (χ2n) is 4.82. The number of amides is 1. The molecule has 1 aromatic heterocycles.